The highest BCUT2D eigenvalue weighted by atomic mass is 16.6. The van der Waals surface area contributed by atoms with Gasteiger partial charge in [0.15, 0.2) is 11.5 Å². The first-order valence-corrected chi connectivity index (χ1v) is 9.44. The molecule has 32 heavy (non-hydrogen) atoms. The summed E-state index contributed by atoms with van der Waals surface area (Å²) in [4.78, 5) is 35.0. The number of nitro benzene ring substituents is 1. The van der Waals surface area contributed by atoms with Gasteiger partial charge < -0.3 is 29.0 Å². The molecule has 11 heteroatoms. The molecule has 2 aromatic rings. The fraction of sp³-hybridized carbons (Fsp3) is 0.333. The van der Waals surface area contributed by atoms with E-state index in [1.54, 1.807) is 18.2 Å². The first-order valence-electron chi connectivity index (χ1n) is 9.44. The summed E-state index contributed by atoms with van der Waals surface area (Å²) in [6, 6.07) is 7.31. The van der Waals surface area contributed by atoms with Crippen molar-refractivity contribution in [3.8, 4) is 23.0 Å². The number of nitrogens with zero attached hydrogens (tertiary/aromatic N) is 1. The number of methoxy groups -OCH3 is 4. The molecule has 1 N–H and O–H groups in total. The lowest BCUT2D eigenvalue weighted by molar-refractivity contribution is -0.385. The molecule has 0 radical (unpaired) electrons. The predicted octanol–water partition coefficient (Wildman–Crippen LogP) is 2.61. The molecule has 0 fully saturated rings. The summed E-state index contributed by atoms with van der Waals surface area (Å²) in [5.41, 5.74) is -0.442. The van der Waals surface area contributed by atoms with Crippen LogP contribution in [0.4, 0.5) is 5.69 Å². The Morgan fingerprint density at radius 1 is 0.969 bits per heavy atom. The van der Waals surface area contributed by atoms with Gasteiger partial charge in [0.05, 0.1) is 46.0 Å². The molecular formula is C21H24N2O9. The van der Waals surface area contributed by atoms with Crippen LogP contribution in [0.25, 0.3) is 0 Å². The van der Waals surface area contributed by atoms with Crippen LogP contribution in [0.5, 0.6) is 23.0 Å². The highest BCUT2D eigenvalue weighted by Gasteiger charge is 2.25. The minimum atomic E-state index is -0.873. The zero-order valence-electron chi connectivity index (χ0n) is 18.1. The van der Waals surface area contributed by atoms with E-state index in [0.717, 1.165) is 13.2 Å². The van der Waals surface area contributed by atoms with Gasteiger partial charge in [0.2, 0.25) is 0 Å². The first-order chi connectivity index (χ1) is 15.4. The maximum Gasteiger partial charge on any atom is 0.345 e. The lowest BCUT2D eigenvalue weighted by Crippen LogP contribution is -2.26. The minimum absolute atomic E-state index is 0.0900. The Labute approximate surface area is 184 Å². The van der Waals surface area contributed by atoms with Gasteiger partial charge in [0.1, 0.15) is 22.6 Å². The summed E-state index contributed by atoms with van der Waals surface area (Å²) in [5, 5.41) is 14.0. The molecule has 0 unspecified atom stereocenters. The van der Waals surface area contributed by atoms with E-state index in [1.165, 1.54) is 27.4 Å². The Morgan fingerprint density at radius 2 is 1.59 bits per heavy atom. The van der Waals surface area contributed by atoms with Crippen LogP contribution < -0.4 is 24.3 Å². The summed E-state index contributed by atoms with van der Waals surface area (Å²) in [6.45, 7) is 0.400. The number of amides is 1. The van der Waals surface area contributed by atoms with E-state index in [2.05, 4.69) is 10.1 Å². The molecule has 0 aromatic heterocycles. The molecular weight excluding hydrogens is 424 g/mol. The normalized spacial score (nSPS) is 10.1. The van der Waals surface area contributed by atoms with Crippen LogP contribution in [0, 0.1) is 10.1 Å². The van der Waals surface area contributed by atoms with Gasteiger partial charge in [-0.3, -0.25) is 14.9 Å². The minimum Gasteiger partial charge on any atom is -0.496 e. The molecule has 0 saturated carbocycles. The zero-order valence-corrected chi connectivity index (χ0v) is 18.1. The third-order valence-electron chi connectivity index (χ3n) is 4.40. The molecule has 0 aliphatic rings. The molecule has 1 amide bonds. The second-order valence-corrected chi connectivity index (χ2v) is 6.26. The standard InChI is InChI=1S/C21H24N2O9/c1-28-15-7-5-8-16(29-2)19(15)20(24)22-9-6-10-32-18-11-13(21(25)31-4)14(23(26)27)12-17(18)30-3/h5,7-8,11-12H,6,9-10H2,1-4H3,(H,22,24). The van der Waals surface area contributed by atoms with Crippen molar-refractivity contribution in [1.82, 2.24) is 5.32 Å². The van der Waals surface area contributed by atoms with Gasteiger partial charge in [-0.05, 0) is 18.6 Å². The maximum atomic E-state index is 12.5. The van der Waals surface area contributed by atoms with Crippen LogP contribution in [0.15, 0.2) is 30.3 Å². The van der Waals surface area contributed by atoms with E-state index in [1.807, 2.05) is 0 Å². The molecule has 0 aliphatic carbocycles. The van der Waals surface area contributed by atoms with Gasteiger partial charge in [-0.1, -0.05) is 6.07 Å². The average molecular weight is 448 g/mol. The lowest BCUT2D eigenvalue weighted by atomic mass is 10.1. The number of carbonyl (C=O) groups excluding carboxylic acids is 2. The van der Waals surface area contributed by atoms with E-state index < -0.39 is 16.6 Å². The number of esters is 1. The second-order valence-electron chi connectivity index (χ2n) is 6.26. The third kappa shape index (κ3) is 5.56. The van der Waals surface area contributed by atoms with Crippen LogP contribution in [0.2, 0.25) is 0 Å². The van der Waals surface area contributed by atoms with Crippen molar-refractivity contribution in [2.24, 2.45) is 0 Å². The highest BCUT2D eigenvalue weighted by molar-refractivity contribution is 5.99. The Hall–Kier alpha value is -4.02. The van der Waals surface area contributed by atoms with E-state index in [4.69, 9.17) is 18.9 Å². The number of nitrogens with one attached hydrogen (secondary N) is 1. The number of nitro groups is 1. The molecule has 0 aliphatic heterocycles. The van der Waals surface area contributed by atoms with Crippen molar-refractivity contribution in [3.05, 3.63) is 51.6 Å². The van der Waals surface area contributed by atoms with Crippen LogP contribution in [0.3, 0.4) is 0 Å². The summed E-state index contributed by atoms with van der Waals surface area (Å²) in [5.74, 6) is -0.265. The summed E-state index contributed by atoms with van der Waals surface area (Å²) in [7, 11) is 5.36. The molecule has 0 bridgehead atoms. The Balaban J connectivity index is 2.03. The Kier molecular flexibility index (Phi) is 8.63. The number of hydrogen-bond donors (Lipinski definition) is 1. The van der Waals surface area contributed by atoms with Crippen LogP contribution in [-0.4, -0.2) is 58.4 Å². The molecule has 0 spiro atoms. The van der Waals surface area contributed by atoms with Crippen LogP contribution >= 0.6 is 0 Å². The molecule has 172 valence electrons. The average Bonchev–Trinajstić information content (AvgIpc) is 2.81. The quantitative estimate of drug-likeness (QED) is 0.238. The van der Waals surface area contributed by atoms with Gasteiger partial charge in [-0.2, -0.15) is 0 Å². The highest BCUT2D eigenvalue weighted by Crippen LogP contribution is 2.35. The molecule has 0 atom stereocenters. The summed E-state index contributed by atoms with van der Waals surface area (Å²) < 4.78 is 25.8. The molecule has 2 rings (SSSR count). The van der Waals surface area contributed by atoms with Crippen LogP contribution in [0.1, 0.15) is 27.1 Å². The Morgan fingerprint density at radius 3 is 2.12 bits per heavy atom. The number of ether oxygens (including phenoxy) is 5. The Bertz CT molecular complexity index is 969. The predicted molar refractivity (Wildman–Crippen MR) is 113 cm³/mol. The maximum absolute atomic E-state index is 12.5. The first kappa shape index (κ1) is 24.3. The van der Waals surface area contributed by atoms with E-state index in [-0.39, 0.29) is 41.7 Å². The fourth-order valence-corrected chi connectivity index (χ4v) is 2.87. The van der Waals surface area contributed by atoms with E-state index >= 15 is 0 Å². The van der Waals surface area contributed by atoms with Crippen molar-refractivity contribution in [2.75, 3.05) is 41.6 Å². The van der Waals surface area contributed by atoms with E-state index in [0.29, 0.717) is 17.9 Å². The zero-order chi connectivity index (χ0) is 23.7. The topological polar surface area (TPSA) is 135 Å². The monoisotopic (exact) mass is 448 g/mol. The van der Waals surface area contributed by atoms with Gasteiger partial charge in [0, 0.05) is 12.6 Å². The third-order valence-corrected chi connectivity index (χ3v) is 4.40. The SMILES string of the molecule is COC(=O)c1cc(OCCCNC(=O)c2c(OC)cccc2OC)c(OC)cc1[N+](=O)[O-]. The molecule has 2 aromatic carbocycles. The van der Waals surface area contributed by atoms with Crippen molar-refractivity contribution in [3.63, 3.8) is 0 Å². The number of rotatable bonds is 11. The van der Waals surface area contributed by atoms with Crippen LogP contribution in [-0.2, 0) is 4.74 Å². The van der Waals surface area contributed by atoms with Crippen molar-refractivity contribution >= 4 is 17.6 Å². The van der Waals surface area contributed by atoms with Crippen molar-refractivity contribution < 1.29 is 38.2 Å². The number of hydrogen-bond acceptors (Lipinski definition) is 9. The van der Waals surface area contributed by atoms with Crippen molar-refractivity contribution in [2.45, 2.75) is 6.42 Å². The van der Waals surface area contributed by atoms with Gasteiger partial charge in [0.25, 0.3) is 11.6 Å². The molecule has 0 saturated heterocycles. The van der Waals surface area contributed by atoms with Gasteiger partial charge >= 0.3 is 5.97 Å². The van der Waals surface area contributed by atoms with E-state index in [9.17, 15) is 19.7 Å². The lowest BCUT2D eigenvalue weighted by Gasteiger charge is -2.14. The number of carbonyl (C=O) groups is 2. The van der Waals surface area contributed by atoms with Gasteiger partial charge in [-0.25, -0.2) is 4.79 Å². The number of benzene rings is 2. The van der Waals surface area contributed by atoms with Gasteiger partial charge in [-0.15, -0.1) is 0 Å². The second kappa shape index (κ2) is 11.4. The molecule has 11 nitrogen and oxygen atoms in total. The fourth-order valence-electron chi connectivity index (χ4n) is 2.87. The largest absolute Gasteiger partial charge is 0.496 e. The summed E-state index contributed by atoms with van der Waals surface area (Å²) in [6.07, 6.45) is 0.400. The molecule has 0 heterocycles. The van der Waals surface area contributed by atoms with Crippen molar-refractivity contribution in [1.29, 1.82) is 0 Å². The summed E-state index contributed by atoms with van der Waals surface area (Å²) >= 11 is 0. The smallest absolute Gasteiger partial charge is 0.345 e.